The van der Waals surface area contributed by atoms with Crippen molar-refractivity contribution in [2.45, 2.75) is 25.7 Å². The molecule has 0 aliphatic heterocycles. The van der Waals surface area contributed by atoms with Crippen LogP contribution in [0.1, 0.15) is 36.0 Å². The number of hydrogen-bond acceptors (Lipinski definition) is 2. The van der Waals surface area contributed by atoms with Crippen LogP contribution in [0.2, 0.25) is 0 Å². The lowest BCUT2D eigenvalue weighted by Crippen LogP contribution is -2.32. The first-order valence-corrected chi connectivity index (χ1v) is 7.43. The number of hydrogen-bond donors (Lipinski definition) is 1. The minimum Gasteiger partial charge on any atom is -0.481 e. The van der Waals surface area contributed by atoms with Crippen molar-refractivity contribution >= 4 is 22.5 Å². The molecule has 1 N–H and O–H groups in total. The van der Waals surface area contributed by atoms with E-state index in [1.165, 1.54) is 0 Å². The van der Waals surface area contributed by atoms with Gasteiger partial charge in [-0.15, -0.1) is 0 Å². The van der Waals surface area contributed by atoms with Gasteiger partial charge in [0.25, 0.3) is 0 Å². The third-order valence-corrected chi connectivity index (χ3v) is 4.48. The molecule has 3 nitrogen and oxygen atoms in total. The van der Waals surface area contributed by atoms with Crippen LogP contribution in [0.4, 0.5) is 0 Å². The molecule has 0 bridgehead atoms. The molecule has 1 saturated carbocycles. The molecule has 0 amide bonds. The topological polar surface area (TPSA) is 54.4 Å². The van der Waals surface area contributed by atoms with E-state index >= 15 is 0 Å². The molecule has 21 heavy (non-hydrogen) atoms. The highest BCUT2D eigenvalue weighted by molar-refractivity contribution is 6.10. The number of carboxylic acid groups (broad SMARTS) is 1. The number of ketones is 1. The Bertz CT molecular complexity index is 684. The first kappa shape index (κ1) is 13.8. The van der Waals surface area contributed by atoms with Crippen LogP contribution in [0.15, 0.2) is 42.5 Å². The zero-order valence-corrected chi connectivity index (χ0v) is 11.8. The molecule has 3 rings (SSSR count). The fourth-order valence-corrected chi connectivity index (χ4v) is 3.38. The summed E-state index contributed by atoms with van der Waals surface area (Å²) in [5.74, 6) is -1.78. The van der Waals surface area contributed by atoms with Crippen LogP contribution in [-0.4, -0.2) is 16.9 Å². The van der Waals surface area contributed by atoms with Gasteiger partial charge in [-0.05, 0) is 23.6 Å². The summed E-state index contributed by atoms with van der Waals surface area (Å²) < 4.78 is 0. The van der Waals surface area contributed by atoms with Crippen LogP contribution in [0.25, 0.3) is 10.8 Å². The second-order valence-electron chi connectivity index (χ2n) is 5.73. The molecule has 0 aromatic heterocycles. The highest BCUT2D eigenvalue weighted by Gasteiger charge is 2.36. The molecule has 0 radical (unpaired) electrons. The second kappa shape index (κ2) is 5.68. The highest BCUT2D eigenvalue weighted by Crippen LogP contribution is 2.34. The van der Waals surface area contributed by atoms with Crippen molar-refractivity contribution in [1.29, 1.82) is 0 Å². The van der Waals surface area contributed by atoms with Gasteiger partial charge in [-0.3, -0.25) is 9.59 Å². The molecule has 2 atom stereocenters. The lowest BCUT2D eigenvalue weighted by atomic mass is 9.75. The summed E-state index contributed by atoms with van der Waals surface area (Å²) in [7, 11) is 0. The smallest absolute Gasteiger partial charge is 0.307 e. The molecule has 0 spiro atoms. The number of Topliss-reactive ketones (excluding diaryl/α,β-unsaturated/α-hetero) is 1. The van der Waals surface area contributed by atoms with E-state index in [1.807, 2.05) is 42.5 Å². The summed E-state index contributed by atoms with van der Waals surface area (Å²) in [6, 6.07) is 13.4. The Morgan fingerprint density at radius 1 is 0.905 bits per heavy atom. The summed E-state index contributed by atoms with van der Waals surface area (Å²) in [4.78, 5) is 24.3. The molecule has 1 aliphatic rings. The summed E-state index contributed by atoms with van der Waals surface area (Å²) in [5.41, 5.74) is 0.659. The first-order valence-electron chi connectivity index (χ1n) is 7.43. The number of rotatable bonds is 3. The van der Waals surface area contributed by atoms with E-state index in [-0.39, 0.29) is 11.7 Å². The van der Waals surface area contributed by atoms with Crippen molar-refractivity contribution in [3.63, 3.8) is 0 Å². The quantitative estimate of drug-likeness (QED) is 0.868. The van der Waals surface area contributed by atoms with Crippen molar-refractivity contribution in [1.82, 2.24) is 0 Å². The van der Waals surface area contributed by atoms with E-state index in [0.29, 0.717) is 18.4 Å². The van der Waals surface area contributed by atoms with E-state index in [2.05, 4.69) is 0 Å². The minimum atomic E-state index is -0.840. The van der Waals surface area contributed by atoms with E-state index in [4.69, 9.17) is 0 Å². The molecule has 108 valence electrons. The molecule has 0 unspecified atom stereocenters. The van der Waals surface area contributed by atoms with Crippen molar-refractivity contribution in [2.75, 3.05) is 0 Å². The maximum absolute atomic E-state index is 12.9. The Balaban J connectivity index is 2.01. The largest absolute Gasteiger partial charge is 0.481 e. The number of carboxylic acids is 1. The van der Waals surface area contributed by atoms with Gasteiger partial charge >= 0.3 is 5.97 Å². The van der Waals surface area contributed by atoms with Gasteiger partial charge in [0.1, 0.15) is 0 Å². The average Bonchev–Trinajstić information content (AvgIpc) is 2.53. The second-order valence-corrected chi connectivity index (χ2v) is 5.73. The third kappa shape index (κ3) is 2.56. The molecule has 1 fully saturated rings. The van der Waals surface area contributed by atoms with Crippen LogP contribution >= 0.6 is 0 Å². The van der Waals surface area contributed by atoms with Gasteiger partial charge in [-0.1, -0.05) is 55.3 Å². The SMILES string of the molecule is O=C(O)[C@H]1CCCC[C@H]1C(=O)c1cccc2ccccc12. The van der Waals surface area contributed by atoms with E-state index in [9.17, 15) is 14.7 Å². The van der Waals surface area contributed by atoms with Crippen LogP contribution in [0, 0.1) is 11.8 Å². The highest BCUT2D eigenvalue weighted by atomic mass is 16.4. The molecule has 0 heterocycles. The van der Waals surface area contributed by atoms with Gasteiger partial charge in [0.15, 0.2) is 5.78 Å². The average molecular weight is 282 g/mol. The monoisotopic (exact) mass is 282 g/mol. The van der Waals surface area contributed by atoms with Gasteiger partial charge in [-0.2, -0.15) is 0 Å². The number of carbonyl (C=O) groups excluding carboxylic acids is 1. The first-order chi connectivity index (χ1) is 10.2. The summed E-state index contributed by atoms with van der Waals surface area (Å²) in [6.45, 7) is 0. The summed E-state index contributed by atoms with van der Waals surface area (Å²) in [5, 5.41) is 11.3. The van der Waals surface area contributed by atoms with Gasteiger partial charge in [-0.25, -0.2) is 0 Å². The lowest BCUT2D eigenvalue weighted by Gasteiger charge is -2.27. The maximum Gasteiger partial charge on any atom is 0.307 e. The fourth-order valence-electron chi connectivity index (χ4n) is 3.38. The molecule has 0 saturated heterocycles. The molecule has 3 heteroatoms. The molecule has 1 aliphatic carbocycles. The predicted molar refractivity (Wildman–Crippen MR) is 81.4 cm³/mol. The normalized spacial score (nSPS) is 22.1. The van der Waals surface area contributed by atoms with Crippen LogP contribution in [0.5, 0.6) is 0 Å². The summed E-state index contributed by atoms with van der Waals surface area (Å²) >= 11 is 0. The fraction of sp³-hybridized carbons (Fsp3) is 0.333. The van der Waals surface area contributed by atoms with Gasteiger partial charge < -0.3 is 5.11 Å². The molecule has 2 aromatic rings. The molecular weight excluding hydrogens is 264 g/mol. The van der Waals surface area contributed by atoms with Crippen LogP contribution < -0.4 is 0 Å². The number of benzene rings is 2. The summed E-state index contributed by atoms with van der Waals surface area (Å²) in [6.07, 6.45) is 3.12. The zero-order chi connectivity index (χ0) is 14.8. The van der Waals surface area contributed by atoms with Gasteiger partial charge in [0.2, 0.25) is 0 Å². The Labute approximate surface area is 123 Å². The third-order valence-electron chi connectivity index (χ3n) is 4.48. The zero-order valence-electron chi connectivity index (χ0n) is 11.8. The maximum atomic E-state index is 12.9. The Morgan fingerprint density at radius 3 is 2.33 bits per heavy atom. The van der Waals surface area contributed by atoms with Crippen molar-refractivity contribution in [3.05, 3.63) is 48.0 Å². The number of aliphatic carboxylic acids is 1. The standard InChI is InChI=1S/C18H18O3/c19-17(15-9-3-4-10-16(15)18(20)21)14-11-5-7-12-6-1-2-8-13(12)14/h1-2,5-8,11,15-16H,3-4,9-10H2,(H,20,21)/t15-,16+/m1/s1. The number of carbonyl (C=O) groups is 2. The van der Waals surface area contributed by atoms with Gasteiger partial charge in [0, 0.05) is 11.5 Å². The number of fused-ring (bicyclic) bond motifs is 1. The lowest BCUT2D eigenvalue weighted by molar-refractivity contribution is -0.144. The van der Waals surface area contributed by atoms with E-state index < -0.39 is 11.9 Å². The predicted octanol–water partition coefficient (Wildman–Crippen LogP) is 3.91. The van der Waals surface area contributed by atoms with E-state index in [1.54, 1.807) is 0 Å². The Morgan fingerprint density at radius 2 is 1.57 bits per heavy atom. The van der Waals surface area contributed by atoms with Crippen molar-refractivity contribution in [2.24, 2.45) is 11.8 Å². The van der Waals surface area contributed by atoms with Crippen molar-refractivity contribution in [3.8, 4) is 0 Å². The Kier molecular flexibility index (Phi) is 3.74. The minimum absolute atomic E-state index is 0.0149. The van der Waals surface area contributed by atoms with Crippen LogP contribution in [-0.2, 0) is 4.79 Å². The van der Waals surface area contributed by atoms with E-state index in [0.717, 1.165) is 23.6 Å². The molecular formula is C18H18O3. The van der Waals surface area contributed by atoms with Gasteiger partial charge in [0.05, 0.1) is 5.92 Å². The Hall–Kier alpha value is -2.16. The van der Waals surface area contributed by atoms with Crippen molar-refractivity contribution < 1.29 is 14.7 Å². The van der Waals surface area contributed by atoms with Crippen LogP contribution in [0.3, 0.4) is 0 Å². The molecule has 2 aromatic carbocycles.